The van der Waals surface area contributed by atoms with Gasteiger partial charge in [-0.05, 0) is 68.1 Å². The Labute approximate surface area is 120 Å². The second kappa shape index (κ2) is 4.83. The van der Waals surface area contributed by atoms with Crippen molar-refractivity contribution < 1.29 is 4.52 Å². The lowest BCUT2D eigenvalue weighted by Crippen LogP contribution is -2.48. The van der Waals surface area contributed by atoms with Gasteiger partial charge in [0.2, 0.25) is 5.89 Å². The van der Waals surface area contributed by atoms with Crippen molar-refractivity contribution in [2.45, 2.75) is 57.9 Å². The number of hydrogen-bond acceptors (Lipinski definition) is 4. The van der Waals surface area contributed by atoms with Crippen molar-refractivity contribution in [1.29, 1.82) is 0 Å². The maximum atomic E-state index is 6.54. The number of nitrogens with zero attached hydrogens (tertiary/aromatic N) is 2. The molecule has 0 aliphatic heterocycles. The van der Waals surface area contributed by atoms with E-state index in [0.29, 0.717) is 5.92 Å². The molecule has 1 aromatic rings. The van der Waals surface area contributed by atoms with E-state index in [1.54, 1.807) is 0 Å². The van der Waals surface area contributed by atoms with Crippen LogP contribution in [-0.4, -0.2) is 10.1 Å². The van der Waals surface area contributed by atoms with E-state index in [1.807, 2.05) is 0 Å². The molecular formula is C16H25N3O. The van der Waals surface area contributed by atoms with Gasteiger partial charge in [0.15, 0.2) is 5.82 Å². The van der Waals surface area contributed by atoms with Gasteiger partial charge in [-0.2, -0.15) is 4.98 Å². The molecule has 0 radical (unpaired) electrons. The summed E-state index contributed by atoms with van der Waals surface area (Å²) < 4.78 is 5.33. The molecule has 110 valence electrons. The molecular weight excluding hydrogens is 250 g/mol. The summed E-state index contributed by atoms with van der Waals surface area (Å²) in [5, 5.41) is 4.16. The van der Waals surface area contributed by atoms with Gasteiger partial charge in [-0.15, -0.1) is 0 Å². The fourth-order valence-electron chi connectivity index (χ4n) is 5.44. The first-order chi connectivity index (χ1) is 9.74. The van der Waals surface area contributed by atoms with Crippen LogP contribution >= 0.6 is 0 Å². The molecule has 2 N–H and O–H groups in total. The van der Waals surface area contributed by atoms with Crippen LogP contribution in [0.2, 0.25) is 0 Å². The summed E-state index contributed by atoms with van der Waals surface area (Å²) in [4.78, 5) is 4.53. The van der Waals surface area contributed by atoms with Crippen LogP contribution < -0.4 is 5.73 Å². The molecule has 0 saturated heterocycles. The summed E-state index contributed by atoms with van der Waals surface area (Å²) in [5.74, 6) is 5.70. The Bertz CT molecular complexity index is 456. The molecule has 1 aromatic heterocycles. The fourth-order valence-corrected chi connectivity index (χ4v) is 5.44. The van der Waals surface area contributed by atoms with E-state index in [2.05, 4.69) is 17.1 Å². The summed E-state index contributed by atoms with van der Waals surface area (Å²) in [5.41, 5.74) is 6.54. The summed E-state index contributed by atoms with van der Waals surface area (Å²) in [6, 6.07) is -0.0145. The molecule has 4 fully saturated rings. The molecule has 4 heteroatoms. The van der Waals surface area contributed by atoms with Crippen molar-refractivity contribution in [3.8, 4) is 0 Å². The van der Waals surface area contributed by atoms with Crippen LogP contribution in [0.3, 0.4) is 0 Å². The third kappa shape index (κ3) is 2.00. The van der Waals surface area contributed by atoms with Gasteiger partial charge in [-0.3, -0.25) is 0 Å². The molecule has 4 aliphatic carbocycles. The molecule has 4 aliphatic rings. The van der Waals surface area contributed by atoms with Crippen LogP contribution in [0.5, 0.6) is 0 Å². The highest BCUT2D eigenvalue weighted by Gasteiger charge is 2.50. The summed E-state index contributed by atoms with van der Waals surface area (Å²) in [6.07, 6.45) is 8.96. The average Bonchev–Trinajstić information content (AvgIpc) is 2.86. The number of aromatic nitrogens is 2. The Kier molecular flexibility index (Phi) is 3.09. The van der Waals surface area contributed by atoms with E-state index >= 15 is 0 Å². The number of hydrogen-bond donors (Lipinski definition) is 1. The number of nitrogens with two attached hydrogens (primary N) is 1. The molecule has 1 atom stereocenters. The first-order valence-electron chi connectivity index (χ1n) is 8.32. The van der Waals surface area contributed by atoms with Crippen LogP contribution in [0.15, 0.2) is 4.52 Å². The largest absolute Gasteiger partial charge is 0.339 e. The van der Waals surface area contributed by atoms with E-state index in [4.69, 9.17) is 10.3 Å². The van der Waals surface area contributed by atoms with Crippen molar-refractivity contribution in [3.63, 3.8) is 0 Å². The zero-order chi connectivity index (χ0) is 13.7. The standard InChI is InChI=1S/C16H25N3O/c1-2-3-13-18-16(19-20-13)15(17)14-11-5-9-4-10(7-11)8-12(14)6-9/h9-12,14-15H,2-8,17H2,1H3. The van der Waals surface area contributed by atoms with Crippen LogP contribution in [0, 0.1) is 29.6 Å². The van der Waals surface area contributed by atoms with Crippen molar-refractivity contribution in [3.05, 3.63) is 11.7 Å². The van der Waals surface area contributed by atoms with Crippen LogP contribution in [0.4, 0.5) is 0 Å². The van der Waals surface area contributed by atoms with Crippen LogP contribution in [0.1, 0.15) is 63.2 Å². The minimum atomic E-state index is -0.0145. The Balaban J connectivity index is 1.54. The zero-order valence-corrected chi connectivity index (χ0v) is 12.3. The molecule has 1 unspecified atom stereocenters. The van der Waals surface area contributed by atoms with Crippen molar-refractivity contribution in [2.24, 2.45) is 35.3 Å². The first-order valence-corrected chi connectivity index (χ1v) is 8.32. The summed E-state index contributed by atoms with van der Waals surface area (Å²) >= 11 is 0. The second-order valence-corrected chi connectivity index (χ2v) is 7.33. The van der Waals surface area contributed by atoms with Gasteiger partial charge in [-0.1, -0.05) is 12.1 Å². The van der Waals surface area contributed by atoms with Gasteiger partial charge < -0.3 is 10.3 Å². The highest BCUT2D eigenvalue weighted by atomic mass is 16.5. The Morgan fingerprint density at radius 1 is 1.15 bits per heavy atom. The molecule has 20 heavy (non-hydrogen) atoms. The lowest BCUT2D eigenvalue weighted by molar-refractivity contribution is -0.0484. The molecule has 4 nitrogen and oxygen atoms in total. The van der Waals surface area contributed by atoms with Crippen LogP contribution in [0.25, 0.3) is 0 Å². The van der Waals surface area contributed by atoms with E-state index < -0.39 is 0 Å². The second-order valence-electron chi connectivity index (χ2n) is 7.33. The van der Waals surface area contributed by atoms with Gasteiger partial charge in [-0.25, -0.2) is 0 Å². The maximum absolute atomic E-state index is 6.54. The molecule has 5 rings (SSSR count). The quantitative estimate of drug-likeness (QED) is 0.917. The smallest absolute Gasteiger partial charge is 0.226 e. The average molecular weight is 275 g/mol. The topological polar surface area (TPSA) is 64.9 Å². The molecule has 4 saturated carbocycles. The van der Waals surface area contributed by atoms with E-state index in [9.17, 15) is 0 Å². The highest BCUT2D eigenvalue weighted by molar-refractivity contribution is 5.06. The zero-order valence-electron chi connectivity index (χ0n) is 12.3. The monoisotopic (exact) mass is 275 g/mol. The van der Waals surface area contributed by atoms with Gasteiger partial charge in [0.05, 0.1) is 6.04 Å². The van der Waals surface area contributed by atoms with Gasteiger partial charge >= 0.3 is 0 Å². The fraction of sp³-hybridized carbons (Fsp3) is 0.875. The van der Waals surface area contributed by atoms with Crippen molar-refractivity contribution >= 4 is 0 Å². The normalized spacial score (nSPS) is 40.2. The highest BCUT2D eigenvalue weighted by Crippen LogP contribution is 2.58. The Morgan fingerprint density at radius 2 is 1.80 bits per heavy atom. The molecule has 0 aromatic carbocycles. The summed E-state index contributed by atoms with van der Waals surface area (Å²) in [7, 11) is 0. The molecule has 4 bridgehead atoms. The molecule has 0 spiro atoms. The minimum Gasteiger partial charge on any atom is -0.339 e. The summed E-state index contributed by atoms with van der Waals surface area (Å²) in [6.45, 7) is 2.13. The number of aryl methyl sites for hydroxylation is 1. The lowest BCUT2D eigenvalue weighted by Gasteiger charge is -2.55. The number of rotatable bonds is 4. The first kappa shape index (κ1) is 12.8. The SMILES string of the molecule is CCCc1nc(C(N)C2C3CC4CC(C3)CC2C4)no1. The van der Waals surface area contributed by atoms with Crippen molar-refractivity contribution in [2.75, 3.05) is 0 Å². The van der Waals surface area contributed by atoms with E-state index in [1.165, 1.54) is 32.1 Å². The van der Waals surface area contributed by atoms with Gasteiger partial charge in [0.25, 0.3) is 0 Å². The van der Waals surface area contributed by atoms with Gasteiger partial charge in [0.1, 0.15) is 0 Å². The maximum Gasteiger partial charge on any atom is 0.226 e. The third-order valence-electron chi connectivity index (χ3n) is 5.96. The predicted octanol–water partition coefficient (Wildman–Crippen LogP) is 3.09. The minimum absolute atomic E-state index is 0.0145. The molecule has 0 amide bonds. The Morgan fingerprint density at radius 3 is 2.40 bits per heavy atom. The van der Waals surface area contributed by atoms with Crippen LogP contribution in [-0.2, 0) is 6.42 Å². The predicted molar refractivity (Wildman–Crippen MR) is 75.8 cm³/mol. The molecule has 1 heterocycles. The Hall–Kier alpha value is -0.900. The van der Waals surface area contributed by atoms with E-state index in [-0.39, 0.29) is 6.04 Å². The third-order valence-corrected chi connectivity index (χ3v) is 5.96. The van der Waals surface area contributed by atoms with Gasteiger partial charge in [0, 0.05) is 6.42 Å². The van der Waals surface area contributed by atoms with E-state index in [0.717, 1.165) is 48.2 Å². The van der Waals surface area contributed by atoms with Crippen molar-refractivity contribution in [1.82, 2.24) is 10.1 Å². The lowest BCUT2D eigenvalue weighted by atomic mass is 9.50.